The second-order valence-corrected chi connectivity index (χ2v) is 5.20. The molecule has 6 heteroatoms. The zero-order valence-electron chi connectivity index (χ0n) is 11.9. The van der Waals surface area contributed by atoms with E-state index in [0.717, 1.165) is 18.4 Å². The summed E-state index contributed by atoms with van der Waals surface area (Å²) in [5.41, 5.74) is 0.776. The second kappa shape index (κ2) is 7.08. The van der Waals surface area contributed by atoms with Crippen molar-refractivity contribution in [3.05, 3.63) is 35.9 Å². The molecule has 1 aliphatic carbocycles. The Morgan fingerprint density at radius 3 is 2.57 bits per heavy atom. The summed E-state index contributed by atoms with van der Waals surface area (Å²) in [4.78, 5) is 22.9. The largest absolute Gasteiger partial charge is 0.481 e. The van der Waals surface area contributed by atoms with Crippen LogP contribution in [0, 0.1) is 0 Å². The Kier molecular flexibility index (Phi) is 5.16. The Morgan fingerprint density at radius 1 is 1.33 bits per heavy atom. The van der Waals surface area contributed by atoms with Crippen molar-refractivity contribution in [3.63, 3.8) is 0 Å². The van der Waals surface area contributed by atoms with Crippen LogP contribution in [0.25, 0.3) is 0 Å². The lowest BCUT2D eigenvalue weighted by molar-refractivity contribution is -0.137. The minimum absolute atomic E-state index is 0.0937. The molecule has 1 fully saturated rings. The lowest BCUT2D eigenvalue weighted by Gasteiger charge is -2.34. The Hall–Kier alpha value is -2.08. The molecular weight excluding hydrogens is 272 g/mol. The standard InChI is InChI=1S/C15H20N2O4/c1-21-12-7-11(8-12)16-15(20)17-13(9-14(18)19)10-5-3-2-4-6-10/h2-6,11-13H,7-9H2,1H3,(H,18,19)(H2,16,17,20). The van der Waals surface area contributed by atoms with Gasteiger partial charge in [0.05, 0.1) is 18.6 Å². The van der Waals surface area contributed by atoms with Crippen LogP contribution in [-0.4, -0.2) is 36.4 Å². The molecule has 2 rings (SSSR count). The molecule has 0 radical (unpaired) electrons. The molecule has 114 valence electrons. The predicted octanol–water partition coefficient (Wildman–Crippen LogP) is 1.68. The van der Waals surface area contributed by atoms with Crippen LogP contribution in [0.3, 0.4) is 0 Å². The van der Waals surface area contributed by atoms with Crippen LogP contribution in [-0.2, 0) is 9.53 Å². The van der Waals surface area contributed by atoms with Gasteiger partial charge in [0.15, 0.2) is 0 Å². The Bertz CT molecular complexity index is 486. The Balaban J connectivity index is 1.89. The summed E-state index contributed by atoms with van der Waals surface area (Å²) in [7, 11) is 1.65. The molecule has 0 aromatic heterocycles. The van der Waals surface area contributed by atoms with Gasteiger partial charge in [-0.1, -0.05) is 30.3 Å². The number of hydrogen-bond acceptors (Lipinski definition) is 3. The van der Waals surface area contributed by atoms with Crippen molar-refractivity contribution in [2.24, 2.45) is 0 Å². The lowest BCUT2D eigenvalue weighted by Crippen LogP contribution is -2.51. The number of methoxy groups -OCH3 is 1. The van der Waals surface area contributed by atoms with Crippen LogP contribution in [0.4, 0.5) is 4.79 Å². The highest BCUT2D eigenvalue weighted by Gasteiger charge is 2.30. The van der Waals surface area contributed by atoms with Gasteiger partial charge in [-0.3, -0.25) is 4.79 Å². The average Bonchev–Trinajstić information content (AvgIpc) is 2.42. The smallest absolute Gasteiger partial charge is 0.315 e. The zero-order valence-corrected chi connectivity index (χ0v) is 11.9. The minimum atomic E-state index is -0.952. The fourth-order valence-electron chi connectivity index (χ4n) is 2.37. The van der Waals surface area contributed by atoms with Crippen LogP contribution in [0.15, 0.2) is 30.3 Å². The van der Waals surface area contributed by atoms with Gasteiger partial charge in [-0.2, -0.15) is 0 Å². The highest BCUT2D eigenvalue weighted by Crippen LogP contribution is 2.22. The maximum absolute atomic E-state index is 12.0. The number of carbonyl (C=O) groups excluding carboxylic acids is 1. The van der Waals surface area contributed by atoms with Crippen LogP contribution >= 0.6 is 0 Å². The van der Waals surface area contributed by atoms with E-state index in [2.05, 4.69) is 10.6 Å². The molecule has 6 nitrogen and oxygen atoms in total. The lowest BCUT2D eigenvalue weighted by atomic mass is 9.89. The molecule has 3 N–H and O–H groups in total. The SMILES string of the molecule is COC1CC(NC(=O)NC(CC(=O)O)c2ccccc2)C1. The van der Waals surface area contributed by atoms with Gasteiger partial charge in [-0.25, -0.2) is 4.79 Å². The Labute approximate surface area is 123 Å². The quantitative estimate of drug-likeness (QED) is 0.744. The second-order valence-electron chi connectivity index (χ2n) is 5.20. The number of amides is 2. The normalized spacial score (nSPS) is 22.0. The number of carbonyl (C=O) groups is 2. The molecule has 0 saturated heterocycles. The molecule has 0 heterocycles. The molecule has 21 heavy (non-hydrogen) atoms. The molecule has 0 aliphatic heterocycles. The number of carboxylic acid groups (broad SMARTS) is 1. The van der Waals surface area contributed by atoms with Gasteiger partial charge < -0.3 is 20.5 Å². The van der Waals surface area contributed by atoms with Crippen LogP contribution in [0.5, 0.6) is 0 Å². The average molecular weight is 292 g/mol. The van der Waals surface area contributed by atoms with E-state index >= 15 is 0 Å². The number of aliphatic carboxylic acids is 1. The number of rotatable bonds is 6. The first-order valence-corrected chi connectivity index (χ1v) is 6.95. The minimum Gasteiger partial charge on any atom is -0.481 e. The van der Waals surface area contributed by atoms with E-state index in [1.807, 2.05) is 18.2 Å². The van der Waals surface area contributed by atoms with E-state index in [4.69, 9.17) is 9.84 Å². The summed E-state index contributed by atoms with van der Waals surface area (Å²) in [6.45, 7) is 0. The van der Waals surface area contributed by atoms with Gasteiger partial charge in [0.2, 0.25) is 0 Å². The molecule has 0 spiro atoms. The number of nitrogens with one attached hydrogen (secondary N) is 2. The van der Waals surface area contributed by atoms with Crippen molar-refractivity contribution >= 4 is 12.0 Å². The number of benzene rings is 1. The number of urea groups is 1. The first-order chi connectivity index (χ1) is 10.1. The van der Waals surface area contributed by atoms with Gasteiger partial charge in [-0.05, 0) is 18.4 Å². The number of carboxylic acids is 1. The van der Waals surface area contributed by atoms with E-state index in [1.54, 1.807) is 19.2 Å². The van der Waals surface area contributed by atoms with Gasteiger partial charge in [0.25, 0.3) is 0 Å². The summed E-state index contributed by atoms with van der Waals surface area (Å²) in [6.07, 6.45) is 1.64. The highest BCUT2D eigenvalue weighted by atomic mass is 16.5. The molecular formula is C15H20N2O4. The third-order valence-corrected chi connectivity index (χ3v) is 3.65. The molecule has 0 bridgehead atoms. The molecule has 1 aliphatic rings. The van der Waals surface area contributed by atoms with E-state index in [9.17, 15) is 9.59 Å². The molecule has 1 atom stereocenters. The molecule has 1 saturated carbocycles. The monoisotopic (exact) mass is 292 g/mol. The van der Waals surface area contributed by atoms with Gasteiger partial charge >= 0.3 is 12.0 Å². The van der Waals surface area contributed by atoms with Crippen LogP contribution < -0.4 is 10.6 Å². The zero-order chi connectivity index (χ0) is 15.2. The summed E-state index contributed by atoms with van der Waals surface area (Å²) < 4.78 is 5.15. The van der Waals surface area contributed by atoms with Crippen LogP contribution in [0.2, 0.25) is 0 Å². The van der Waals surface area contributed by atoms with Crippen LogP contribution in [0.1, 0.15) is 30.9 Å². The third kappa shape index (κ3) is 4.46. The van der Waals surface area contributed by atoms with Crippen molar-refractivity contribution in [1.29, 1.82) is 0 Å². The van der Waals surface area contributed by atoms with Gasteiger partial charge in [0.1, 0.15) is 0 Å². The van der Waals surface area contributed by atoms with Crippen molar-refractivity contribution < 1.29 is 19.4 Å². The van der Waals surface area contributed by atoms with Gasteiger partial charge in [0, 0.05) is 13.2 Å². The fourth-order valence-corrected chi connectivity index (χ4v) is 2.37. The first-order valence-electron chi connectivity index (χ1n) is 6.95. The van der Waals surface area contributed by atoms with Crippen molar-refractivity contribution in [3.8, 4) is 0 Å². The maximum Gasteiger partial charge on any atom is 0.315 e. The van der Waals surface area contributed by atoms with Crippen molar-refractivity contribution in [2.75, 3.05) is 7.11 Å². The maximum atomic E-state index is 12.0. The molecule has 1 unspecified atom stereocenters. The van der Waals surface area contributed by atoms with E-state index < -0.39 is 12.0 Å². The van der Waals surface area contributed by atoms with Gasteiger partial charge in [-0.15, -0.1) is 0 Å². The Morgan fingerprint density at radius 2 is 2.00 bits per heavy atom. The molecule has 1 aromatic rings. The fraction of sp³-hybridized carbons (Fsp3) is 0.467. The van der Waals surface area contributed by atoms with E-state index in [0.29, 0.717) is 0 Å². The number of ether oxygens (including phenoxy) is 1. The summed E-state index contributed by atoms with van der Waals surface area (Å²) >= 11 is 0. The third-order valence-electron chi connectivity index (χ3n) is 3.65. The van der Waals surface area contributed by atoms with E-state index in [1.165, 1.54) is 0 Å². The van der Waals surface area contributed by atoms with Crippen molar-refractivity contribution in [1.82, 2.24) is 10.6 Å². The first kappa shape index (κ1) is 15.3. The number of hydrogen-bond donors (Lipinski definition) is 3. The summed E-state index contributed by atoms with van der Waals surface area (Å²) in [5.74, 6) is -0.952. The van der Waals surface area contributed by atoms with E-state index in [-0.39, 0.29) is 24.6 Å². The summed E-state index contributed by atoms with van der Waals surface area (Å²) in [5, 5.41) is 14.5. The predicted molar refractivity (Wildman–Crippen MR) is 76.9 cm³/mol. The topological polar surface area (TPSA) is 87.7 Å². The molecule has 2 amide bonds. The van der Waals surface area contributed by atoms with Crippen molar-refractivity contribution in [2.45, 2.75) is 37.5 Å². The molecule has 1 aromatic carbocycles. The summed E-state index contributed by atoms with van der Waals surface area (Å²) in [6, 6.07) is 8.30. The highest BCUT2D eigenvalue weighted by molar-refractivity contribution is 5.76.